The van der Waals surface area contributed by atoms with E-state index in [9.17, 15) is 4.79 Å². The van der Waals surface area contributed by atoms with E-state index in [1.807, 2.05) is 13.0 Å². The number of ether oxygens (including phenoxy) is 1. The van der Waals surface area contributed by atoms with Crippen LogP contribution >= 0.6 is 0 Å². The number of nitrogens with one attached hydrogen (secondary N) is 1. The molecule has 1 aromatic carbocycles. The Labute approximate surface area is 127 Å². The third-order valence-electron chi connectivity index (χ3n) is 4.20. The molecule has 4 nitrogen and oxygen atoms in total. The van der Waals surface area contributed by atoms with E-state index < -0.39 is 0 Å². The molecule has 4 heteroatoms. The van der Waals surface area contributed by atoms with Crippen LogP contribution in [0.15, 0.2) is 18.2 Å². The summed E-state index contributed by atoms with van der Waals surface area (Å²) in [6, 6.07) is 6.25. The molecule has 1 amide bonds. The number of morpholine rings is 1. The number of nitrogens with zero attached hydrogens (tertiary/aromatic N) is 1. The average Bonchev–Trinajstić information content (AvgIpc) is 2.51. The highest BCUT2D eigenvalue weighted by Crippen LogP contribution is 2.24. The number of rotatable bonds is 5. The normalized spacial score (nSPS) is 15.3. The second-order valence-electron chi connectivity index (χ2n) is 5.60. The van der Waals surface area contributed by atoms with Crippen molar-refractivity contribution in [1.82, 2.24) is 0 Å². The predicted molar refractivity (Wildman–Crippen MR) is 86.9 cm³/mol. The number of benzene rings is 1. The molecular formula is C17H26N2O2. The zero-order valence-corrected chi connectivity index (χ0v) is 13.3. The van der Waals surface area contributed by atoms with Gasteiger partial charge in [-0.25, -0.2) is 0 Å². The summed E-state index contributed by atoms with van der Waals surface area (Å²) in [4.78, 5) is 14.5. The number of carbonyl (C=O) groups excluding carboxylic acids is 1. The summed E-state index contributed by atoms with van der Waals surface area (Å²) in [5, 5.41) is 3.06. The summed E-state index contributed by atoms with van der Waals surface area (Å²) >= 11 is 0. The van der Waals surface area contributed by atoms with Gasteiger partial charge in [0, 0.05) is 30.4 Å². The van der Waals surface area contributed by atoms with Gasteiger partial charge in [-0.15, -0.1) is 0 Å². The van der Waals surface area contributed by atoms with Gasteiger partial charge in [0.2, 0.25) is 5.91 Å². The summed E-state index contributed by atoms with van der Waals surface area (Å²) in [5.74, 6) is 0.227. The van der Waals surface area contributed by atoms with Crippen LogP contribution in [0.4, 0.5) is 11.4 Å². The van der Waals surface area contributed by atoms with Gasteiger partial charge in [0.15, 0.2) is 0 Å². The lowest BCUT2D eigenvalue weighted by Crippen LogP contribution is -2.36. The Morgan fingerprint density at radius 1 is 1.29 bits per heavy atom. The number of aryl methyl sites for hydroxylation is 1. The maximum atomic E-state index is 12.2. The fourth-order valence-electron chi connectivity index (χ4n) is 2.70. The number of hydrogen-bond donors (Lipinski definition) is 1. The van der Waals surface area contributed by atoms with Crippen LogP contribution in [0.25, 0.3) is 0 Å². The molecule has 0 atom stereocenters. The summed E-state index contributed by atoms with van der Waals surface area (Å²) in [6.07, 6.45) is 1.76. The maximum absolute atomic E-state index is 12.2. The first-order valence-electron chi connectivity index (χ1n) is 7.89. The SMILES string of the molecule is CCC(CC)C(=O)Nc1ccc(N2CCOCC2)cc1C. The maximum Gasteiger partial charge on any atom is 0.227 e. The van der Waals surface area contributed by atoms with Gasteiger partial charge in [-0.2, -0.15) is 0 Å². The Morgan fingerprint density at radius 3 is 2.52 bits per heavy atom. The minimum Gasteiger partial charge on any atom is -0.378 e. The first-order chi connectivity index (χ1) is 10.2. The molecule has 0 aliphatic carbocycles. The minimum absolute atomic E-state index is 0.100. The largest absolute Gasteiger partial charge is 0.378 e. The van der Waals surface area contributed by atoms with E-state index in [4.69, 9.17) is 4.74 Å². The summed E-state index contributed by atoms with van der Waals surface area (Å²) in [5.41, 5.74) is 3.23. The molecule has 0 bridgehead atoms. The molecule has 21 heavy (non-hydrogen) atoms. The predicted octanol–water partition coefficient (Wildman–Crippen LogP) is 3.21. The first-order valence-corrected chi connectivity index (χ1v) is 7.89. The van der Waals surface area contributed by atoms with Crippen molar-refractivity contribution in [3.8, 4) is 0 Å². The van der Waals surface area contributed by atoms with Gasteiger partial charge in [0.25, 0.3) is 0 Å². The van der Waals surface area contributed by atoms with Crippen molar-refractivity contribution in [2.24, 2.45) is 5.92 Å². The summed E-state index contributed by atoms with van der Waals surface area (Å²) < 4.78 is 5.38. The van der Waals surface area contributed by atoms with Crippen LogP contribution in [-0.2, 0) is 9.53 Å². The van der Waals surface area contributed by atoms with Crippen molar-refractivity contribution in [2.45, 2.75) is 33.6 Å². The van der Waals surface area contributed by atoms with Crippen molar-refractivity contribution in [2.75, 3.05) is 36.5 Å². The lowest BCUT2D eigenvalue weighted by atomic mass is 10.0. The van der Waals surface area contributed by atoms with Gasteiger partial charge < -0.3 is 15.0 Å². The van der Waals surface area contributed by atoms with E-state index >= 15 is 0 Å². The molecule has 0 unspecified atom stereocenters. The number of hydrogen-bond acceptors (Lipinski definition) is 3. The Balaban J connectivity index is 2.06. The number of carbonyl (C=O) groups is 1. The van der Waals surface area contributed by atoms with Crippen molar-refractivity contribution < 1.29 is 9.53 Å². The van der Waals surface area contributed by atoms with Crippen LogP contribution in [0.3, 0.4) is 0 Å². The molecule has 1 aliphatic heterocycles. The molecule has 0 spiro atoms. The topological polar surface area (TPSA) is 41.6 Å². The number of anilines is 2. The zero-order chi connectivity index (χ0) is 15.2. The van der Waals surface area contributed by atoms with E-state index in [-0.39, 0.29) is 11.8 Å². The highest BCUT2D eigenvalue weighted by atomic mass is 16.5. The van der Waals surface area contributed by atoms with Crippen LogP contribution in [-0.4, -0.2) is 32.2 Å². The fourth-order valence-corrected chi connectivity index (χ4v) is 2.70. The van der Waals surface area contributed by atoms with Crippen molar-refractivity contribution in [3.63, 3.8) is 0 Å². The van der Waals surface area contributed by atoms with Crippen LogP contribution in [0.1, 0.15) is 32.3 Å². The van der Waals surface area contributed by atoms with E-state index in [1.54, 1.807) is 0 Å². The smallest absolute Gasteiger partial charge is 0.227 e. The summed E-state index contributed by atoms with van der Waals surface area (Å²) in [7, 11) is 0. The first kappa shape index (κ1) is 15.8. The van der Waals surface area contributed by atoms with E-state index in [1.165, 1.54) is 5.69 Å². The third kappa shape index (κ3) is 3.97. The van der Waals surface area contributed by atoms with E-state index in [2.05, 4.69) is 36.2 Å². The highest BCUT2D eigenvalue weighted by molar-refractivity contribution is 5.93. The average molecular weight is 290 g/mol. The van der Waals surface area contributed by atoms with Crippen LogP contribution in [0.2, 0.25) is 0 Å². The van der Waals surface area contributed by atoms with Crippen LogP contribution in [0, 0.1) is 12.8 Å². The molecule has 0 aromatic heterocycles. The lowest BCUT2D eigenvalue weighted by Gasteiger charge is -2.29. The molecule has 2 rings (SSSR count). The molecule has 0 saturated carbocycles. The van der Waals surface area contributed by atoms with Gasteiger partial charge in [-0.05, 0) is 43.5 Å². The molecular weight excluding hydrogens is 264 g/mol. The fraction of sp³-hybridized carbons (Fsp3) is 0.588. The molecule has 1 aliphatic rings. The minimum atomic E-state index is 0.100. The monoisotopic (exact) mass is 290 g/mol. The van der Waals surface area contributed by atoms with Gasteiger partial charge >= 0.3 is 0 Å². The van der Waals surface area contributed by atoms with Gasteiger partial charge in [0.1, 0.15) is 0 Å². The molecule has 1 heterocycles. The zero-order valence-electron chi connectivity index (χ0n) is 13.3. The van der Waals surface area contributed by atoms with Gasteiger partial charge in [-0.3, -0.25) is 4.79 Å². The van der Waals surface area contributed by atoms with Gasteiger partial charge in [-0.1, -0.05) is 13.8 Å². The Kier molecular flexibility index (Phi) is 5.62. The Bertz CT molecular complexity index is 478. The highest BCUT2D eigenvalue weighted by Gasteiger charge is 2.16. The molecule has 1 saturated heterocycles. The Morgan fingerprint density at radius 2 is 1.95 bits per heavy atom. The quantitative estimate of drug-likeness (QED) is 0.905. The molecule has 1 N–H and O–H groups in total. The lowest BCUT2D eigenvalue weighted by molar-refractivity contribution is -0.120. The van der Waals surface area contributed by atoms with Crippen LogP contribution < -0.4 is 10.2 Å². The van der Waals surface area contributed by atoms with Crippen LogP contribution in [0.5, 0.6) is 0 Å². The summed E-state index contributed by atoms with van der Waals surface area (Å²) in [6.45, 7) is 9.59. The third-order valence-corrected chi connectivity index (χ3v) is 4.20. The van der Waals surface area contributed by atoms with Crippen molar-refractivity contribution >= 4 is 17.3 Å². The Hall–Kier alpha value is -1.55. The number of amides is 1. The molecule has 0 radical (unpaired) electrons. The second-order valence-corrected chi connectivity index (χ2v) is 5.60. The molecule has 1 fully saturated rings. The van der Waals surface area contributed by atoms with E-state index in [0.717, 1.165) is 50.4 Å². The van der Waals surface area contributed by atoms with Gasteiger partial charge in [0.05, 0.1) is 13.2 Å². The van der Waals surface area contributed by atoms with Crippen molar-refractivity contribution in [1.29, 1.82) is 0 Å². The van der Waals surface area contributed by atoms with Crippen molar-refractivity contribution in [3.05, 3.63) is 23.8 Å². The standard InChI is InChI=1S/C17H26N2O2/c1-4-14(5-2)17(20)18-16-7-6-15(12-13(16)3)19-8-10-21-11-9-19/h6-7,12,14H,4-5,8-11H2,1-3H3,(H,18,20). The second kappa shape index (κ2) is 7.46. The van der Waals surface area contributed by atoms with E-state index in [0.29, 0.717) is 0 Å². The molecule has 1 aromatic rings. The molecule has 116 valence electrons.